The highest BCUT2D eigenvalue weighted by Gasteiger charge is 2.40. The summed E-state index contributed by atoms with van der Waals surface area (Å²) in [5, 5.41) is 5.11. The summed E-state index contributed by atoms with van der Waals surface area (Å²) in [5.74, 6) is -1.05. The van der Waals surface area contributed by atoms with Crippen molar-refractivity contribution in [1.29, 1.82) is 0 Å². The van der Waals surface area contributed by atoms with E-state index in [0.717, 1.165) is 15.7 Å². The molecule has 0 unspecified atom stereocenters. The molecule has 1 heterocycles. The second-order valence-electron chi connectivity index (χ2n) is 7.89. The van der Waals surface area contributed by atoms with Crippen LogP contribution in [0.3, 0.4) is 0 Å². The average molecular weight is 452 g/mol. The molecule has 0 spiro atoms. The Morgan fingerprint density at radius 1 is 0.824 bits per heavy atom. The van der Waals surface area contributed by atoms with Gasteiger partial charge in [-0.1, -0.05) is 72.8 Å². The number of amides is 2. The van der Waals surface area contributed by atoms with Crippen molar-refractivity contribution in [2.24, 2.45) is 0 Å². The van der Waals surface area contributed by atoms with Gasteiger partial charge >= 0.3 is 0 Å². The maximum absolute atomic E-state index is 14.4. The van der Waals surface area contributed by atoms with Crippen LogP contribution in [0.5, 0.6) is 5.75 Å². The van der Waals surface area contributed by atoms with E-state index in [0.29, 0.717) is 17.0 Å². The third kappa shape index (κ3) is 3.69. The largest absolute Gasteiger partial charge is 0.496 e. The van der Waals surface area contributed by atoms with Crippen LogP contribution in [0.2, 0.25) is 0 Å². The zero-order chi connectivity index (χ0) is 23.7. The molecule has 4 aromatic rings. The van der Waals surface area contributed by atoms with Gasteiger partial charge in [0.05, 0.1) is 19.2 Å². The number of hydrogen-bond donors (Lipinski definition) is 1. The van der Waals surface area contributed by atoms with Crippen molar-refractivity contribution in [3.8, 4) is 5.75 Å². The normalized spacial score (nSPS) is 13.6. The number of nitrogens with one attached hydrogen (secondary N) is 1. The lowest BCUT2D eigenvalue weighted by Gasteiger charge is -2.16. The Bertz CT molecular complexity index is 1460. The molecule has 0 saturated carbocycles. The molecule has 0 fully saturated rings. The molecule has 0 aromatic heterocycles. The summed E-state index contributed by atoms with van der Waals surface area (Å²) in [6, 6.07) is 26.6. The fourth-order valence-corrected chi connectivity index (χ4v) is 4.20. The van der Waals surface area contributed by atoms with Crippen molar-refractivity contribution in [3.63, 3.8) is 0 Å². The molecule has 4 aromatic carbocycles. The Labute approximate surface area is 196 Å². The number of carbonyl (C=O) groups excluding carboxylic acids is 2. The molecule has 2 amide bonds. The van der Waals surface area contributed by atoms with Crippen molar-refractivity contribution in [2.75, 3.05) is 12.4 Å². The number of para-hydroxylation sites is 1. The molecule has 0 atom stereocenters. The number of rotatable bonds is 6. The molecule has 0 bridgehead atoms. The van der Waals surface area contributed by atoms with Crippen LogP contribution in [-0.2, 0) is 16.1 Å². The van der Waals surface area contributed by atoms with Gasteiger partial charge in [-0.25, -0.2) is 4.39 Å². The number of anilines is 1. The first kappa shape index (κ1) is 21.4. The monoisotopic (exact) mass is 452 g/mol. The lowest BCUT2D eigenvalue weighted by atomic mass is 10.0. The molecule has 168 valence electrons. The van der Waals surface area contributed by atoms with E-state index >= 15 is 0 Å². The molecule has 0 radical (unpaired) electrons. The molecule has 34 heavy (non-hydrogen) atoms. The van der Waals surface area contributed by atoms with E-state index in [-0.39, 0.29) is 23.4 Å². The van der Waals surface area contributed by atoms with Crippen LogP contribution < -0.4 is 10.1 Å². The number of ether oxygens (including phenoxy) is 1. The summed E-state index contributed by atoms with van der Waals surface area (Å²) in [7, 11) is 1.51. The molecular formula is C28H21FN2O3. The van der Waals surface area contributed by atoms with Gasteiger partial charge in [-0.15, -0.1) is 0 Å². The fourth-order valence-electron chi connectivity index (χ4n) is 4.20. The lowest BCUT2D eigenvalue weighted by molar-refractivity contribution is -0.137. The first-order valence-corrected chi connectivity index (χ1v) is 10.8. The topological polar surface area (TPSA) is 58.6 Å². The molecule has 1 aliphatic rings. The maximum Gasteiger partial charge on any atom is 0.278 e. The van der Waals surface area contributed by atoms with E-state index in [1.165, 1.54) is 13.2 Å². The van der Waals surface area contributed by atoms with Crippen LogP contribution in [-0.4, -0.2) is 23.8 Å². The number of halogens is 1. The van der Waals surface area contributed by atoms with Crippen LogP contribution >= 0.6 is 0 Å². The Balaban J connectivity index is 1.63. The van der Waals surface area contributed by atoms with Crippen molar-refractivity contribution < 1.29 is 18.7 Å². The predicted molar refractivity (Wildman–Crippen MR) is 129 cm³/mol. The zero-order valence-electron chi connectivity index (χ0n) is 18.4. The number of imide groups is 1. The van der Waals surface area contributed by atoms with Gasteiger partial charge in [-0.2, -0.15) is 0 Å². The highest BCUT2D eigenvalue weighted by atomic mass is 19.1. The molecule has 5 rings (SSSR count). The summed E-state index contributed by atoms with van der Waals surface area (Å²) >= 11 is 0. The van der Waals surface area contributed by atoms with Crippen molar-refractivity contribution in [1.82, 2.24) is 4.90 Å². The number of fused-ring (bicyclic) bond motifs is 1. The van der Waals surface area contributed by atoms with Crippen molar-refractivity contribution in [3.05, 3.63) is 114 Å². The number of nitrogens with zero attached hydrogens (tertiary/aromatic N) is 1. The standard InChI is InChI=1S/C28H21FN2O3/c1-34-24-16-7-5-13-21(24)25-26(30-23-15-8-11-18-9-2-4-12-20(18)23)28(33)31(27(25)32)17-19-10-3-6-14-22(19)29/h2-16,30H,17H2,1H3. The van der Waals surface area contributed by atoms with Gasteiger partial charge in [0.1, 0.15) is 17.3 Å². The molecule has 1 N–H and O–H groups in total. The van der Waals surface area contributed by atoms with E-state index < -0.39 is 17.6 Å². The quantitative estimate of drug-likeness (QED) is 0.399. The summed E-state index contributed by atoms with van der Waals surface area (Å²) in [6.07, 6.45) is 0. The first-order valence-electron chi connectivity index (χ1n) is 10.8. The lowest BCUT2D eigenvalue weighted by Crippen LogP contribution is -2.32. The highest BCUT2D eigenvalue weighted by Crippen LogP contribution is 2.37. The van der Waals surface area contributed by atoms with Gasteiger partial charge < -0.3 is 10.1 Å². The summed E-state index contributed by atoms with van der Waals surface area (Å²) < 4.78 is 19.8. The summed E-state index contributed by atoms with van der Waals surface area (Å²) in [4.78, 5) is 28.2. The average Bonchev–Trinajstić information content (AvgIpc) is 3.09. The molecule has 0 saturated heterocycles. The second-order valence-corrected chi connectivity index (χ2v) is 7.89. The third-order valence-corrected chi connectivity index (χ3v) is 5.88. The van der Waals surface area contributed by atoms with Gasteiger partial charge in [0.25, 0.3) is 11.8 Å². The molecular weight excluding hydrogens is 431 g/mol. The Morgan fingerprint density at radius 2 is 1.53 bits per heavy atom. The first-order chi connectivity index (χ1) is 16.6. The molecule has 0 aliphatic carbocycles. The van der Waals surface area contributed by atoms with Gasteiger partial charge in [0, 0.05) is 22.2 Å². The third-order valence-electron chi connectivity index (χ3n) is 5.88. The molecule has 5 nitrogen and oxygen atoms in total. The smallest absolute Gasteiger partial charge is 0.278 e. The minimum absolute atomic E-state index is 0.127. The van der Waals surface area contributed by atoms with Crippen LogP contribution in [0.1, 0.15) is 11.1 Å². The van der Waals surface area contributed by atoms with Crippen LogP contribution in [0.15, 0.2) is 96.7 Å². The van der Waals surface area contributed by atoms with E-state index in [1.807, 2.05) is 42.5 Å². The van der Waals surface area contributed by atoms with Crippen molar-refractivity contribution >= 4 is 33.8 Å². The SMILES string of the molecule is COc1ccccc1C1=C(Nc2cccc3ccccc23)C(=O)N(Cc2ccccc2F)C1=O. The molecule has 1 aliphatic heterocycles. The maximum atomic E-state index is 14.4. The van der Waals surface area contributed by atoms with Gasteiger partial charge in [0.15, 0.2) is 0 Å². The summed E-state index contributed by atoms with van der Waals surface area (Å²) in [5.41, 5.74) is 1.75. The fraction of sp³-hybridized carbons (Fsp3) is 0.0714. The Hall–Kier alpha value is -4.45. The van der Waals surface area contributed by atoms with Gasteiger partial charge in [-0.05, 0) is 23.6 Å². The minimum atomic E-state index is -0.526. The van der Waals surface area contributed by atoms with Crippen LogP contribution in [0, 0.1) is 5.82 Å². The van der Waals surface area contributed by atoms with Crippen molar-refractivity contribution in [2.45, 2.75) is 6.54 Å². The highest BCUT2D eigenvalue weighted by molar-refractivity contribution is 6.37. The minimum Gasteiger partial charge on any atom is -0.496 e. The van der Waals surface area contributed by atoms with Crippen LogP contribution in [0.25, 0.3) is 16.3 Å². The van der Waals surface area contributed by atoms with Gasteiger partial charge in [0.2, 0.25) is 0 Å². The predicted octanol–water partition coefficient (Wildman–Crippen LogP) is 5.38. The Kier molecular flexibility index (Phi) is 5.55. The van der Waals surface area contributed by atoms with Crippen LogP contribution in [0.4, 0.5) is 10.1 Å². The van der Waals surface area contributed by atoms with E-state index in [2.05, 4.69) is 5.32 Å². The van der Waals surface area contributed by atoms with E-state index in [1.54, 1.807) is 42.5 Å². The van der Waals surface area contributed by atoms with Gasteiger partial charge in [-0.3, -0.25) is 14.5 Å². The number of benzene rings is 4. The number of methoxy groups -OCH3 is 1. The summed E-state index contributed by atoms with van der Waals surface area (Å²) in [6.45, 7) is -0.177. The second kappa shape index (κ2) is 8.83. The van der Waals surface area contributed by atoms with E-state index in [4.69, 9.17) is 4.74 Å². The number of hydrogen-bond acceptors (Lipinski definition) is 4. The van der Waals surface area contributed by atoms with E-state index in [9.17, 15) is 14.0 Å². The zero-order valence-corrected chi connectivity index (χ0v) is 18.4. The molecule has 6 heteroatoms. The Morgan fingerprint density at radius 3 is 2.35 bits per heavy atom. The number of carbonyl (C=O) groups is 2.